The van der Waals surface area contributed by atoms with Crippen molar-refractivity contribution in [1.82, 2.24) is 14.5 Å². The van der Waals surface area contributed by atoms with Crippen LogP contribution in [0.4, 0.5) is 5.95 Å². The second kappa shape index (κ2) is 4.09. The van der Waals surface area contributed by atoms with E-state index in [9.17, 15) is 8.42 Å². The number of anilines is 1. The van der Waals surface area contributed by atoms with Crippen molar-refractivity contribution < 1.29 is 13.2 Å². The van der Waals surface area contributed by atoms with Crippen molar-refractivity contribution in [3.63, 3.8) is 0 Å². The molecular weight excluding hydrogens is 268 g/mol. The average Bonchev–Trinajstić information content (AvgIpc) is 2.87. The molecule has 0 spiro atoms. The molecule has 1 aliphatic rings. The summed E-state index contributed by atoms with van der Waals surface area (Å²) in [5, 5.41) is 0. The maximum Gasteiger partial charge on any atom is 0.215 e. The zero-order valence-corrected chi connectivity index (χ0v) is 11.2. The van der Waals surface area contributed by atoms with Crippen LogP contribution in [0.1, 0.15) is 12.5 Å². The normalized spacial score (nSPS) is 21.8. The fourth-order valence-corrected chi connectivity index (χ4v) is 4.13. The number of nitrogen functional groups attached to an aromatic ring is 1. The lowest BCUT2D eigenvalue weighted by Gasteiger charge is -2.12. The van der Waals surface area contributed by atoms with Crippen molar-refractivity contribution in [3.05, 3.63) is 12.1 Å². The Morgan fingerprint density at radius 2 is 2.21 bits per heavy atom. The summed E-state index contributed by atoms with van der Waals surface area (Å²) in [6.45, 7) is 0. The van der Waals surface area contributed by atoms with Gasteiger partial charge in [-0.15, -0.1) is 0 Å². The van der Waals surface area contributed by atoms with Crippen molar-refractivity contribution in [2.24, 2.45) is 0 Å². The molecule has 2 aromatic heterocycles. The van der Waals surface area contributed by atoms with Gasteiger partial charge in [0, 0.05) is 6.07 Å². The van der Waals surface area contributed by atoms with E-state index in [-0.39, 0.29) is 23.5 Å². The lowest BCUT2D eigenvalue weighted by atomic mass is 10.2. The number of nitrogens with two attached hydrogens (primary N) is 1. The van der Waals surface area contributed by atoms with Crippen LogP contribution in [-0.4, -0.2) is 41.6 Å². The zero-order valence-electron chi connectivity index (χ0n) is 10.4. The fourth-order valence-electron chi connectivity index (χ4n) is 2.43. The average molecular weight is 282 g/mol. The van der Waals surface area contributed by atoms with Gasteiger partial charge in [0.25, 0.3) is 0 Å². The Morgan fingerprint density at radius 1 is 1.42 bits per heavy atom. The van der Waals surface area contributed by atoms with Crippen molar-refractivity contribution in [2.45, 2.75) is 12.5 Å². The van der Waals surface area contributed by atoms with Crippen LogP contribution < -0.4 is 10.5 Å². The van der Waals surface area contributed by atoms with Crippen molar-refractivity contribution in [3.8, 4) is 5.88 Å². The van der Waals surface area contributed by atoms with Crippen molar-refractivity contribution >= 4 is 26.9 Å². The lowest BCUT2D eigenvalue weighted by molar-refractivity contribution is 0.398. The number of pyridine rings is 1. The second-order valence-electron chi connectivity index (χ2n) is 4.59. The summed E-state index contributed by atoms with van der Waals surface area (Å²) in [5.74, 6) is 1.01. The highest BCUT2D eigenvalue weighted by Gasteiger charge is 2.31. The third kappa shape index (κ3) is 2.01. The molecule has 7 nitrogen and oxygen atoms in total. The number of methoxy groups -OCH3 is 1. The molecule has 0 aliphatic carbocycles. The molecule has 0 aromatic carbocycles. The highest BCUT2D eigenvalue weighted by Crippen LogP contribution is 2.30. The van der Waals surface area contributed by atoms with Crippen molar-refractivity contribution in [1.29, 1.82) is 0 Å². The Kier molecular flexibility index (Phi) is 2.63. The molecule has 3 rings (SSSR count). The Hall–Kier alpha value is -1.83. The third-order valence-electron chi connectivity index (χ3n) is 3.32. The second-order valence-corrected chi connectivity index (χ2v) is 6.82. The van der Waals surface area contributed by atoms with Gasteiger partial charge >= 0.3 is 0 Å². The predicted octanol–water partition coefficient (Wildman–Crippen LogP) is 0.382. The van der Waals surface area contributed by atoms with Crippen LogP contribution in [0.25, 0.3) is 11.2 Å². The number of rotatable bonds is 2. The van der Waals surface area contributed by atoms with Gasteiger partial charge in [-0.05, 0) is 12.5 Å². The number of aromatic nitrogens is 3. The van der Waals surface area contributed by atoms with E-state index in [1.165, 1.54) is 7.11 Å². The van der Waals surface area contributed by atoms with Crippen LogP contribution in [0.5, 0.6) is 5.88 Å². The molecule has 1 fully saturated rings. The third-order valence-corrected chi connectivity index (χ3v) is 5.07. The van der Waals surface area contributed by atoms with Gasteiger partial charge in [0.2, 0.25) is 11.8 Å². The molecule has 1 atom stereocenters. The Balaban J connectivity index is 2.14. The topological polar surface area (TPSA) is 100 Å². The van der Waals surface area contributed by atoms with Gasteiger partial charge in [0.15, 0.2) is 15.5 Å². The molecule has 0 amide bonds. The summed E-state index contributed by atoms with van der Waals surface area (Å²) in [7, 11) is -1.46. The van der Waals surface area contributed by atoms with E-state index in [4.69, 9.17) is 10.5 Å². The van der Waals surface area contributed by atoms with E-state index in [1.807, 2.05) is 0 Å². The van der Waals surface area contributed by atoms with Gasteiger partial charge in [0.1, 0.15) is 5.52 Å². The summed E-state index contributed by atoms with van der Waals surface area (Å²) < 4.78 is 29.9. The number of imidazole rings is 1. The smallest absolute Gasteiger partial charge is 0.215 e. The van der Waals surface area contributed by atoms with E-state index >= 15 is 0 Å². The summed E-state index contributed by atoms with van der Waals surface area (Å²) in [6, 6.07) is 3.26. The number of ether oxygens (including phenoxy) is 1. The minimum absolute atomic E-state index is 0.0849. The van der Waals surface area contributed by atoms with Crippen molar-refractivity contribution in [2.75, 3.05) is 24.3 Å². The largest absolute Gasteiger partial charge is 0.481 e. The Morgan fingerprint density at radius 3 is 2.84 bits per heavy atom. The van der Waals surface area contributed by atoms with Gasteiger partial charge in [-0.2, -0.15) is 4.98 Å². The van der Waals surface area contributed by atoms with Gasteiger partial charge in [-0.3, -0.25) is 4.57 Å². The number of hydrogen-bond donors (Lipinski definition) is 1. The maximum absolute atomic E-state index is 11.6. The van der Waals surface area contributed by atoms with E-state index in [0.717, 1.165) is 0 Å². The molecule has 0 bridgehead atoms. The minimum atomic E-state index is -2.99. The molecule has 1 saturated heterocycles. The lowest BCUT2D eigenvalue weighted by Crippen LogP contribution is -2.14. The SMILES string of the molecule is COc1ccc2nc(N)n(C3CCS(=O)(=O)C3)c2n1. The van der Waals surface area contributed by atoms with Crippen LogP contribution in [-0.2, 0) is 9.84 Å². The molecule has 102 valence electrons. The van der Waals surface area contributed by atoms with Gasteiger partial charge in [-0.25, -0.2) is 13.4 Å². The van der Waals surface area contributed by atoms with Crippen LogP contribution >= 0.6 is 0 Å². The van der Waals surface area contributed by atoms with Gasteiger partial charge < -0.3 is 10.5 Å². The first-order valence-electron chi connectivity index (χ1n) is 5.89. The molecule has 1 unspecified atom stereocenters. The van der Waals surface area contributed by atoms with Crippen LogP contribution in [0, 0.1) is 0 Å². The van der Waals surface area contributed by atoms with Crippen LogP contribution in [0.2, 0.25) is 0 Å². The molecule has 0 radical (unpaired) electrons. The van der Waals surface area contributed by atoms with E-state index in [2.05, 4.69) is 9.97 Å². The molecule has 8 heteroatoms. The summed E-state index contributed by atoms with van der Waals surface area (Å²) >= 11 is 0. The number of fused-ring (bicyclic) bond motifs is 1. The minimum Gasteiger partial charge on any atom is -0.481 e. The number of sulfone groups is 1. The van der Waals surface area contributed by atoms with E-state index in [1.54, 1.807) is 16.7 Å². The first-order valence-corrected chi connectivity index (χ1v) is 7.71. The monoisotopic (exact) mass is 282 g/mol. The van der Waals surface area contributed by atoms with Gasteiger partial charge in [-0.1, -0.05) is 0 Å². The number of nitrogens with zero attached hydrogens (tertiary/aromatic N) is 3. The molecular formula is C11H14N4O3S. The Labute approximate surface area is 110 Å². The zero-order chi connectivity index (χ0) is 13.6. The summed E-state index contributed by atoms with van der Waals surface area (Å²) in [5.41, 5.74) is 7.10. The summed E-state index contributed by atoms with van der Waals surface area (Å²) in [4.78, 5) is 8.52. The molecule has 2 N–H and O–H groups in total. The van der Waals surface area contributed by atoms with Crippen LogP contribution in [0.3, 0.4) is 0 Å². The molecule has 19 heavy (non-hydrogen) atoms. The quantitative estimate of drug-likeness (QED) is 0.854. The summed E-state index contributed by atoms with van der Waals surface area (Å²) in [6.07, 6.45) is 0.539. The highest BCUT2D eigenvalue weighted by molar-refractivity contribution is 7.91. The molecule has 3 heterocycles. The molecule has 1 aliphatic heterocycles. The fraction of sp³-hybridized carbons (Fsp3) is 0.455. The van der Waals surface area contributed by atoms with E-state index in [0.29, 0.717) is 23.5 Å². The highest BCUT2D eigenvalue weighted by atomic mass is 32.2. The molecule has 2 aromatic rings. The first-order chi connectivity index (χ1) is 9.00. The maximum atomic E-state index is 11.6. The first kappa shape index (κ1) is 12.2. The predicted molar refractivity (Wildman–Crippen MR) is 70.8 cm³/mol. The Bertz CT molecular complexity index is 738. The molecule has 0 saturated carbocycles. The standard InChI is InChI=1S/C11H14N4O3S/c1-18-9-3-2-8-10(14-9)15(11(12)13-8)7-4-5-19(16,17)6-7/h2-3,7H,4-6H2,1H3,(H2,12,13). The van der Waals surface area contributed by atoms with Gasteiger partial charge in [0.05, 0.1) is 24.7 Å². The van der Waals surface area contributed by atoms with Crippen LogP contribution in [0.15, 0.2) is 12.1 Å². The number of hydrogen-bond acceptors (Lipinski definition) is 6. The van der Waals surface area contributed by atoms with E-state index < -0.39 is 9.84 Å².